The molecule has 6 heteroatoms. The van der Waals surface area contributed by atoms with Crippen LogP contribution in [0.3, 0.4) is 0 Å². The Bertz CT molecular complexity index is 797. The van der Waals surface area contributed by atoms with E-state index in [2.05, 4.69) is 15.5 Å². The number of amides is 1. The number of nitrogens with zero attached hydrogens (tertiary/aromatic N) is 3. The molecule has 1 N–H and O–H groups in total. The van der Waals surface area contributed by atoms with Crippen molar-refractivity contribution in [2.75, 3.05) is 5.32 Å². The Hall–Kier alpha value is -2.40. The second-order valence-corrected chi connectivity index (χ2v) is 4.79. The highest BCUT2D eigenvalue weighted by molar-refractivity contribution is 6.30. The van der Waals surface area contributed by atoms with Gasteiger partial charge in [-0.05, 0) is 37.3 Å². The number of halogens is 1. The molecule has 2 aromatic heterocycles. The predicted octanol–water partition coefficient (Wildman–Crippen LogP) is 2.94. The van der Waals surface area contributed by atoms with E-state index in [4.69, 9.17) is 11.6 Å². The van der Waals surface area contributed by atoms with Crippen LogP contribution in [-0.2, 0) is 0 Å². The molecule has 2 heterocycles. The molecule has 3 rings (SSSR count). The van der Waals surface area contributed by atoms with Crippen LogP contribution in [0.5, 0.6) is 0 Å². The third-order valence-corrected chi connectivity index (χ3v) is 3.16. The number of nitrogens with one attached hydrogen (secondary N) is 1. The summed E-state index contributed by atoms with van der Waals surface area (Å²) in [4.78, 5) is 12.2. The van der Waals surface area contributed by atoms with E-state index in [-0.39, 0.29) is 5.91 Å². The van der Waals surface area contributed by atoms with Crippen molar-refractivity contribution in [1.29, 1.82) is 0 Å². The molecule has 1 aromatic carbocycles. The van der Waals surface area contributed by atoms with Crippen LogP contribution < -0.4 is 5.32 Å². The van der Waals surface area contributed by atoms with Gasteiger partial charge in [0.25, 0.3) is 5.91 Å². The van der Waals surface area contributed by atoms with Crippen LogP contribution in [0.25, 0.3) is 5.65 Å². The maximum Gasteiger partial charge on any atom is 0.255 e. The molecule has 0 saturated heterocycles. The normalized spacial score (nSPS) is 10.7. The predicted molar refractivity (Wildman–Crippen MR) is 77.1 cm³/mol. The molecule has 20 heavy (non-hydrogen) atoms. The fraction of sp³-hybridized carbons (Fsp3) is 0.0714. The van der Waals surface area contributed by atoms with Gasteiger partial charge >= 0.3 is 0 Å². The SMILES string of the molecule is Cc1nnc2cc(C(=O)Nc3cccc(Cl)c3)ccn12. The topological polar surface area (TPSA) is 59.3 Å². The second kappa shape index (κ2) is 4.94. The third-order valence-electron chi connectivity index (χ3n) is 2.93. The Labute approximate surface area is 120 Å². The first-order valence-corrected chi connectivity index (χ1v) is 6.39. The smallest absolute Gasteiger partial charge is 0.255 e. The van der Waals surface area contributed by atoms with Gasteiger partial charge in [-0.15, -0.1) is 10.2 Å². The fourth-order valence-corrected chi connectivity index (χ4v) is 2.11. The summed E-state index contributed by atoms with van der Waals surface area (Å²) in [5.74, 6) is 0.567. The van der Waals surface area contributed by atoms with Gasteiger partial charge in [0.05, 0.1) is 0 Å². The van der Waals surface area contributed by atoms with Crippen molar-refractivity contribution in [3.63, 3.8) is 0 Å². The van der Waals surface area contributed by atoms with E-state index in [1.54, 1.807) is 42.6 Å². The third kappa shape index (κ3) is 2.35. The summed E-state index contributed by atoms with van der Waals surface area (Å²) in [5, 5.41) is 11.3. The van der Waals surface area contributed by atoms with Crippen LogP contribution in [0.15, 0.2) is 42.6 Å². The van der Waals surface area contributed by atoms with Gasteiger partial charge in [0, 0.05) is 22.5 Å². The molecule has 0 unspecified atom stereocenters. The van der Waals surface area contributed by atoms with Crippen LogP contribution in [0, 0.1) is 6.92 Å². The largest absolute Gasteiger partial charge is 0.322 e. The van der Waals surface area contributed by atoms with Gasteiger partial charge < -0.3 is 5.32 Å². The number of fused-ring (bicyclic) bond motifs is 1. The summed E-state index contributed by atoms with van der Waals surface area (Å²) in [6.07, 6.45) is 1.78. The number of anilines is 1. The van der Waals surface area contributed by atoms with Gasteiger partial charge in [-0.2, -0.15) is 0 Å². The molecule has 0 aliphatic rings. The van der Waals surface area contributed by atoms with Crippen molar-refractivity contribution in [2.24, 2.45) is 0 Å². The number of benzene rings is 1. The van der Waals surface area contributed by atoms with Crippen molar-refractivity contribution >= 4 is 28.8 Å². The van der Waals surface area contributed by atoms with Crippen molar-refractivity contribution in [3.05, 3.63) is 59.0 Å². The van der Waals surface area contributed by atoms with E-state index in [0.717, 1.165) is 5.82 Å². The van der Waals surface area contributed by atoms with Gasteiger partial charge in [0.1, 0.15) is 5.82 Å². The van der Waals surface area contributed by atoms with Crippen LogP contribution in [0.2, 0.25) is 5.02 Å². The molecule has 0 atom stereocenters. The summed E-state index contributed by atoms with van der Waals surface area (Å²) < 4.78 is 1.82. The molecule has 0 aliphatic carbocycles. The van der Waals surface area contributed by atoms with Crippen LogP contribution in [0.1, 0.15) is 16.2 Å². The molecular formula is C14H11ClN4O. The maximum atomic E-state index is 12.2. The zero-order valence-corrected chi connectivity index (χ0v) is 11.4. The highest BCUT2D eigenvalue weighted by Gasteiger charge is 2.09. The maximum absolute atomic E-state index is 12.2. The molecular weight excluding hydrogens is 276 g/mol. The molecule has 100 valence electrons. The number of pyridine rings is 1. The van der Waals surface area contributed by atoms with Crippen LogP contribution in [0.4, 0.5) is 5.69 Å². The van der Waals surface area contributed by atoms with E-state index < -0.39 is 0 Å². The number of rotatable bonds is 2. The Morgan fingerprint density at radius 1 is 1.25 bits per heavy atom. The zero-order valence-electron chi connectivity index (χ0n) is 10.7. The number of hydrogen-bond donors (Lipinski definition) is 1. The van der Waals surface area contributed by atoms with Gasteiger partial charge in [0.2, 0.25) is 0 Å². The second-order valence-electron chi connectivity index (χ2n) is 4.36. The molecule has 1 amide bonds. The number of carbonyl (C=O) groups excluding carboxylic acids is 1. The first-order chi connectivity index (χ1) is 9.63. The summed E-state index contributed by atoms with van der Waals surface area (Å²) in [7, 11) is 0. The summed E-state index contributed by atoms with van der Waals surface area (Å²) >= 11 is 5.88. The first kappa shape index (κ1) is 12.6. The van der Waals surface area contributed by atoms with Crippen molar-refractivity contribution in [1.82, 2.24) is 14.6 Å². The highest BCUT2D eigenvalue weighted by Crippen LogP contribution is 2.16. The quantitative estimate of drug-likeness (QED) is 0.788. The lowest BCUT2D eigenvalue weighted by Crippen LogP contribution is -2.12. The van der Waals surface area contributed by atoms with E-state index in [1.165, 1.54) is 0 Å². The molecule has 0 fully saturated rings. The van der Waals surface area contributed by atoms with E-state index in [0.29, 0.717) is 21.9 Å². The summed E-state index contributed by atoms with van der Waals surface area (Å²) in [5.41, 5.74) is 1.81. The van der Waals surface area contributed by atoms with Gasteiger partial charge in [-0.1, -0.05) is 17.7 Å². The Morgan fingerprint density at radius 2 is 2.10 bits per heavy atom. The number of hydrogen-bond acceptors (Lipinski definition) is 3. The van der Waals surface area contributed by atoms with Gasteiger partial charge in [-0.3, -0.25) is 9.20 Å². The molecule has 0 aliphatic heterocycles. The molecule has 0 spiro atoms. The lowest BCUT2D eigenvalue weighted by molar-refractivity contribution is 0.102. The number of aromatic nitrogens is 3. The minimum Gasteiger partial charge on any atom is -0.322 e. The highest BCUT2D eigenvalue weighted by atomic mass is 35.5. The monoisotopic (exact) mass is 286 g/mol. The van der Waals surface area contributed by atoms with Crippen molar-refractivity contribution in [2.45, 2.75) is 6.92 Å². The lowest BCUT2D eigenvalue weighted by Gasteiger charge is -2.06. The van der Waals surface area contributed by atoms with Crippen molar-refractivity contribution in [3.8, 4) is 0 Å². The first-order valence-electron chi connectivity index (χ1n) is 6.02. The molecule has 3 aromatic rings. The zero-order chi connectivity index (χ0) is 14.1. The number of aryl methyl sites for hydroxylation is 1. The Balaban J connectivity index is 1.88. The average molecular weight is 287 g/mol. The van der Waals surface area contributed by atoms with E-state index >= 15 is 0 Å². The fourth-order valence-electron chi connectivity index (χ4n) is 1.92. The average Bonchev–Trinajstić information content (AvgIpc) is 2.80. The molecule has 5 nitrogen and oxygen atoms in total. The minimum absolute atomic E-state index is 0.213. The molecule has 0 bridgehead atoms. The summed E-state index contributed by atoms with van der Waals surface area (Å²) in [6, 6.07) is 10.4. The molecule has 0 radical (unpaired) electrons. The summed E-state index contributed by atoms with van der Waals surface area (Å²) in [6.45, 7) is 1.85. The van der Waals surface area contributed by atoms with Crippen molar-refractivity contribution < 1.29 is 4.79 Å². The van der Waals surface area contributed by atoms with Crippen LogP contribution >= 0.6 is 11.6 Å². The van der Waals surface area contributed by atoms with Gasteiger partial charge in [-0.25, -0.2) is 0 Å². The van der Waals surface area contributed by atoms with Crippen LogP contribution in [-0.4, -0.2) is 20.5 Å². The van der Waals surface area contributed by atoms with Gasteiger partial charge in [0.15, 0.2) is 5.65 Å². The van der Waals surface area contributed by atoms with E-state index in [1.807, 2.05) is 11.3 Å². The minimum atomic E-state index is -0.213. The number of carbonyl (C=O) groups is 1. The lowest BCUT2D eigenvalue weighted by atomic mass is 10.2. The van der Waals surface area contributed by atoms with E-state index in [9.17, 15) is 4.79 Å². The molecule has 0 saturated carbocycles. The standard InChI is InChI=1S/C14H11ClN4O/c1-9-17-18-13-7-10(5-6-19(9)13)14(20)16-12-4-2-3-11(15)8-12/h2-8H,1H3,(H,16,20). The Kier molecular flexibility index (Phi) is 3.12. The Morgan fingerprint density at radius 3 is 2.90 bits per heavy atom.